The molecule has 1 aromatic rings. The Hall–Kier alpha value is -2.05. The number of amides is 1. The first-order chi connectivity index (χ1) is 9.40. The summed E-state index contributed by atoms with van der Waals surface area (Å²) in [6.07, 6.45) is 1.84. The lowest BCUT2D eigenvalue weighted by Gasteiger charge is -2.14. The molecule has 0 spiro atoms. The van der Waals surface area contributed by atoms with Gasteiger partial charge in [-0.15, -0.1) is 6.58 Å². The molecular weight excluding hydrogens is 284 g/mol. The molecule has 7 heteroatoms. The van der Waals surface area contributed by atoms with Crippen molar-refractivity contribution in [2.24, 2.45) is 5.73 Å². The van der Waals surface area contributed by atoms with Crippen LogP contribution in [0.5, 0.6) is 5.75 Å². The van der Waals surface area contributed by atoms with Crippen LogP contribution in [0.3, 0.4) is 0 Å². The number of carboxylic acid groups (broad SMARTS) is 1. The number of carboxylic acids is 1. The Balaban J connectivity index is 3.05. The maximum atomic E-state index is 11.8. The number of halogens is 1. The van der Waals surface area contributed by atoms with E-state index in [0.717, 1.165) is 0 Å². The van der Waals surface area contributed by atoms with Crippen LogP contribution in [0.25, 0.3) is 0 Å². The molecule has 4 N–H and O–H groups in total. The van der Waals surface area contributed by atoms with E-state index in [-0.39, 0.29) is 22.0 Å². The number of carbonyl (C=O) groups excluding carboxylic acids is 1. The SMILES string of the molecule is C=CCC(N)C(=O)Nc1cc(OC)c(C(=O)O)cc1Cl. The van der Waals surface area contributed by atoms with Gasteiger partial charge in [-0.1, -0.05) is 17.7 Å². The van der Waals surface area contributed by atoms with Gasteiger partial charge in [0.05, 0.1) is 23.9 Å². The van der Waals surface area contributed by atoms with Gasteiger partial charge in [0.2, 0.25) is 5.91 Å². The van der Waals surface area contributed by atoms with Crippen molar-refractivity contribution in [3.63, 3.8) is 0 Å². The van der Waals surface area contributed by atoms with Crippen LogP contribution in [0, 0.1) is 0 Å². The second kappa shape index (κ2) is 6.93. The summed E-state index contributed by atoms with van der Waals surface area (Å²) in [5.74, 6) is -1.53. The largest absolute Gasteiger partial charge is 0.496 e. The zero-order chi connectivity index (χ0) is 15.3. The van der Waals surface area contributed by atoms with E-state index in [1.807, 2.05) is 0 Å². The molecule has 0 bridgehead atoms. The molecule has 108 valence electrons. The number of ether oxygens (including phenoxy) is 1. The van der Waals surface area contributed by atoms with Crippen molar-refractivity contribution in [2.45, 2.75) is 12.5 Å². The molecule has 0 radical (unpaired) electrons. The summed E-state index contributed by atoms with van der Waals surface area (Å²) in [6.45, 7) is 3.49. The van der Waals surface area contributed by atoms with Crippen molar-refractivity contribution in [1.82, 2.24) is 0 Å². The van der Waals surface area contributed by atoms with Crippen LogP contribution in [-0.4, -0.2) is 30.1 Å². The Morgan fingerprint density at radius 3 is 2.75 bits per heavy atom. The van der Waals surface area contributed by atoms with Crippen LogP contribution in [0.15, 0.2) is 24.8 Å². The number of rotatable bonds is 6. The third kappa shape index (κ3) is 3.72. The van der Waals surface area contributed by atoms with Gasteiger partial charge in [-0.2, -0.15) is 0 Å². The normalized spacial score (nSPS) is 11.6. The summed E-state index contributed by atoms with van der Waals surface area (Å²) in [7, 11) is 1.32. The summed E-state index contributed by atoms with van der Waals surface area (Å²) in [5.41, 5.74) is 5.77. The Labute approximate surface area is 121 Å². The number of hydrogen-bond acceptors (Lipinski definition) is 4. The first-order valence-electron chi connectivity index (χ1n) is 5.68. The molecular formula is C13H15ClN2O4. The number of hydrogen-bond donors (Lipinski definition) is 3. The van der Waals surface area contributed by atoms with Crippen molar-refractivity contribution < 1.29 is 19.4 Å². The Kier molecular flexibility index (Phi) is 5.54. The summed E-state index contributed by atoms with van der Waals surface area (Å²) in [4.78, 5) is 22.8. The van der Waals surface area contributed by atoms with Crippen LogP contribution in [0.2, 0.25) is 5.02 Å². The van der Waals surface area contributed by atoms with Gasteiger partial charge in [-0.25, -0.2) is 4.79 Å². The third-order valence-corrected chi connectivity index (χ3v) is 2.85. The predicted molar refractivity (Wildman–Crippen MR) is 76.4 cm³/mol. The Morgan fingerprint density at radius 2 is 2.25 bits per heavy atom. The fourth-order valence-corrected chi connectivity index (χ4v) is 1.71. The minimum atomic E-state index is -1.18. The van der Waals surface area contributed by atoms with E-state index in [9.17, 15) is 9.59 Å². The van der Waals surface area contributed by atoms with Crippen LogP contribution in [-0.2, 0) is 4.79 Å². The second-order valence-corrected chi connectivity index (χ2v) is 4.36. The fraction of sp³-hybridized carbons (Fsp3) is 0.231. The average Bonchev–Trinajstić information content (AvgIpc) is 2.40. The molecule has 0 fully saturated rings. The average molecular weight is 299 g/mol. The van der Waals surface area contributed by atoms with E-state index in [1.54, 1.807) is 0 Å². The summed E-state index contributed by atoms with van der Waals surface area (Å²) >= 11 is 5.93. The van der Waals surface area contributed by atoms with E-state index >= 15 is 0 Å². The summed E-state index contributed by atoms with van der Waals surface area (Å²) in [5, 5.41) is 11.6. The smallest absolute Gasteiger partial charge is 0.339 e. The summed E-state index contributed by atoms with van der Waals surface area (Å²) < 4.78 is 4.95. The van der Waals surface area contributed by atoms with Crippen LogP contribution >= 0.6 is 11.6 Å². The van der Waals surface area contributed by atoms with Crippen molar-refractivity contribution in [3.8, 4) is 5.75 Å². The first kappa shape index (κ1) is 16.0. The molecule has 0 aliphatic carbocycles. The van der Waals surface area contributed by atoms with Crippen LogP contribution < -0.4 is 15.8 Å². The quantitative estimate of drug-likeness (QED) is 0.696. The van der Waals surface area contributed by atoms with Gasteiger partial charge in [0.15, 0.2) is 0 Å². The number of aromatic carboxylic acids is 1. The standard InChI is InChI=1S/C13H15ClN2O4/c1-3-4-9(15)12(17)16-10-6-11(20-2)7(13(18)19)5-8(10)14/h3,5-6,9H,1,4,15H2,2H3,(H,16,17)(H,18,19). The zero-order valence-electron chi connectivity index (χ0n) is 10.9. The molecule has 0 aromatic heterocycles. The van der Waals surface area contributed by atoms with Crippen molar-refractivity contribution >= 4 is 29.2 Å². The van der Waals surface area contributed by atoms with Gasteiger partial charge in [-0.05, 0) is 12.5 Å². The van der Waals surface area contributed by atoms with E-state index in [1.165, 1.54) is 25.3 Å². The lowest BCUT2D eigenvalue weighted by Crippen LogP contribution is -2.35. The molecule has 1 aromatic carbocycles. The van der Waals surface area contributed by atoms with Crippen molar-refractivity contribution in [3.05, 3.63) is 35.4 Å². The molecule has 0 saturated carbocycles. The molecule has 0 heterocycles. The van der Waals surface area contributed by atoms with E-state index in [0.29, 0.717) is 6.42 Å². The highest BCUT2D eigenvalue weighted by Gasteiger charge is 2.18. The van der Waals surface area contributed by atoms with Crippen molar-refractivity contribution in [2.75, 3.05) is 12.4 Å². The first-order valence-corrected chi connectivity index (χ1v) is 6.06. The Bertz CT molecular complexity index is 545. The van der Waals surface area contributed by atoms with Gasteiger partial charge >= 0.3 is 5.97 Å². The third-order valence-electron chi connectivity index (χ3n) is 2.53. The summed E-state index contributed by atoms with van der Waals surface area (Å²) in [6, 6.07) is 1.79. The topological polar surface area (TPSA) is 102 Å². The number of carbonyl (C=O) groups is 2. The minimum absolute atomic E-state index is 0.0855. The van der Waals surface area contributed by atoms with Gasteiger partial charge in [0.1, 0.15) is 11.3 Å². The highest BCUT2D eigenvalue weighted by molar-refractivity contribution is 6.34. The molecule has 6 nitrogen and oxygen atoms in total. The lowest BCUT2D eigenvalue weighted by atomic mass is 10.1. The monoisotopic (exact) mass is 298 g/mol. The van der Waals surface area contributed by atoms with E-state index in [4.69, 9.17) is 27.2 Å². The van der Waals surface area contributed by atoms with E-state index in [2.05, 4.69) is 11.9 Å². The van der Waals surface area contributed by atoms with Gasteiger partial charge < -0.3 is 20.9 Å². The van der Waals surface area contributed by atoms with Gasteiger partial charge in [-0.3, -0.25) is 4.79 Å². The minimum Gasteiger partial charge on any atom is -0.496 e. The molecule has 1 atom stereocenters. The number of benzene rings is 1. The van der Waals surface area contributed by atoms with Crippen LogP contribution in [0.4, 0.5) is 5.69 Å². The number of nitrogens with one attached hydrogen (secondary N) is 1. The highest BCUT2D eigenvalue weighted by Crippen LogP contribution is 2.31. The number of nitrogens with two attached hydrogens (primary N) is 1. The maximum Gasteiger partial charge on any atom is 0.339 e. The molecule has 0 saturated heterocycles. The highest BCUT2D eigenvalue weighted by atomic mass is 35.5. The van der Waals surface area contributed by atoms with E-state index < -0.39 is 17.9 Å². The number of anilines is 1. The number of methoxy groups -OCH3 is 1. The molecule has 20 heavy (non-hydrogen) atoms. The molecule has 1 unspecified atom stereocenters. The van der Waals surface area contributed by atoms with Crippen molar-refractivity contribution in [1.29, 1.82) is 0 Å². The second-order valence-electron chi connectivity index (χ2n) is 3.96. The fourth-order valence-electron chi connectivity index (χ4n) is 1.50. The molecule has 0 aliphatic heterocycles. The molecule has 0 aliphatic rings. The Morgan fingerprint density at radius 1 is 1.60 bits per heavy atom. The maximum absolute atomic E-state index is 11.8. The zero-order valence-corrected chi connectivity index (χ0v) is 11.6. The molecule has 1 amide bonds. The van der Waals surface area contributed by atoms with Gasteiger partial charge in [0.25, 0.3) is 0 Å². The van der Waals surface area contributed by atoms with Crippen LogP contribution in [0.1, 0.15) is 16.8 Å². The lowest BCUT2D eigenvalue weighted by molar-refractivity contribution is -0.117. The molecule has 1 rings (SSSR count). The van der Waals surface area contributed by atoms with Gasteiger partial charge in [0, 0.05) is 6.07 Å². The predicted octanol–water partition coefficient (Wildman–Crippen LogP) is 1.89.